The number of anilines is 1. The molecule has 1 aromatic carbocycles. The second kappa shape index (κ2) is 3.25. The summed E-state index contributed by atoms with van der Waals surface area (Å²) in [6.45, 7) is 7.19. The molecule has 0 amide bonds. The number of rotatable bonds is 1. The second-order valence-electron chi connectivity index (χ2n) is 3.62. The Morgan fingerprint density at radius 1 is 1.38 bits per heavy atom. The van der Waals surface area contributed by atoms with E-state index in [0.29, 0.717) is 0 Å². The average Bonchev–Trinajstić information content (AvgIpc) is 2.17. The summed E-state index contributed by atoms with van der Waals surface area (Å²) in [7, 11) is 0. The second-order valence-corrected chi connectivity index (χ2v) is 3.62. The zero-order valence-corrected chi connectivity index (χ0v) is 8.09. The molecule has 68 valence electrons. The number of fused-ring (bicyclic) bond motifs is 1. The van der Waals surface area contributed by atoms with Gasteiger partial charge in [-0.3, -0.25) is 0 Å². The maximum atomic E-state index is 4.00. The van der Waals surface area contributed by atoms with Gasteiger partial charge in [0.25, 0.3) is 0 Å². The molecule has 13 heavy (non-hydrogen) atoms. The molecule has 1 aliphatic rings. The largest absolute Gasteiger partial charge is 0.346 e. The molecular formula is C12H15N. The molecular weight excluding hydrogens is 158 g/mol. The van der Waals surface area contributed by atoms with Crippen molar-refractivity contribution in [3.8, 4) is 0 Å². The van der Waals surface area contributed by atoms with Crippen molar-refractivity contribution in [3.05, 3.63) is 42.1 Å². The molecule has 0 aromatic heterocycles. The molecule has 1 aromatic rings. The van der Waals surface area contributed by atoms with Gasteiger partial charge in [-0.2, -0.15) is 0 Å². The van der Waals surface area contributed by atoms with Crippen LogP contribution in [0.3, 0.4) is 0 Å². The molecule has 0 atom stereocenters. The Morgan fingerprint density at radius 2 is 2.15 bits per heavy atom. The third kappa shape index (κ3) is 1.46. The van der Waals surface area contributed by atoms with Gasteiger partial charge in [-0.25, -0.2) is 0 Å². The van der Waals surface area contributed by atoms with Crippen molar-refractivity contribution in [2.45, 2.75) is 19.8 Å². The number of hydrogen-bond acceptors (Lipinski definition) is 1. The predicted molar refractivity (Wildman–Crippen MR) is 56.9 cm³/mol. The Hall–Kier alpha value is -1.24. The molecule has 0 aliphatic carbocycles. The lowest BCUT2D eigenvalue weighted by Crippen LogP contribution is -2.26. The summed E-state index contributed by atoms with van der Waals surface area (Å²) >= 11 is 0. The van der Waals surface area contributed by atoms with E-state index in [1.165, 1.54) is 24.1 Å². The molecule has 0 fully saturated rings. The highest BCUT2D eigenvalue weighted by atomic mass is 15.1. The first-order valence-electron chi connectivity index (χ1n) is 4.80. The van der Waals surface area contributed by atoms with E-state index in [1.807, 2.05) is 0 Å². The van der Waals surface area contributed by atoms with Gasteiger partial charge in [-0.1, -0.05) is 24.8 Å². The fraction of sp³-hybridized carbons (Fsp3) is 0.333. The van der Waals surface area contributed by atoms with Gasteiger partial charge in [0.1, 0.15) is 0 Å². The van der Waals surface area contributed by atoms with Gasteiger partial charge in [0.2, 0.25) is 0 Å². The zero-order valence-electron chi connectivity index (χ0n) is 8.09. The van der Waals surface area contributed by atoms with Gasteiger partial charge >= 0.3 is 0 Å². The summed E-state index contributed by atoms with van der Waals surface area (Å²) in [6, 6.07) is 8.61. The highest BCUT2D eigenvalue weighted by molar-refractivity contribution is 5.58. The smallest absolute Gasteiger partial charge is 0.0440 e. The minimum atomic E-state index is 1.12. The standard InChI is InChI=1S/C12H15N/c1-10(2)13-9-5-7-11-6-3-4-8-12(11)13/h3-4,6,8H,1,5,7,9H2,2H3. The van der Waals surface area contributed by atoms with E-state index in [0.717, 1.165) is 12.2 Å². The molecule has 2 rings (SSSR count). The van der Waals surface area contributed by atoms with Crippen molar-refractivity contribution >= 4 is 5.69 Å². The van der Waals surface area contributed by atoms with Crippen molar-refractivity contribution in [3.63, 3.8) is 0 Å². The molecule has 1 aliphatic heterocycles. The van der Waals surface area contributed by atoms with Crippen LogP contribution in [0.25, 0.3) is 0 Å². The third-order valence-corrected chi connectivity index (χ3v) is 2.57. The molecule has 0 bridgehead atoms. The first-order valence-corrected chi connectivity index (χ1v) is 4.80. The van der Waals surface area contributed by atoms with Crippen molar-refractivity contribution < 1.29 is 0 Å². The van der Waals surface area contributed by atoms with Gasteiger partial charge < -0.3 is 4.90 Å². The fourth-order valence-electron chi connectivity index (χ4n) is 1.93. The van der Waals surface area contributed by atoms with Gasteiger partial charge in [-0.15, -0.1) is 0 Å². The summed E-state index contributed by atoms with van der Waals surface area (Å²) in [4.78, 5) is 2.30. The van der Waals surface area contributed by atoms with Crippen LogP contribution in [-0.2, 0) is 6.42 Å². The van der Waals surface area contributed by atoms with E-state index < -0.39 is 0 Å². The monoisotopic (exact) mass is 173 g/mol. The number of nitrogens with zero attached hydrogens (tertiary/aromatic N) is 1. The van der Waals surface area contributed by atoms with E-state index in [2.05, 4.69) is 42.7 Å². The highest BCUT2D eigenvalue weighted by Gasteiger charge is 2.15. The van der Waals surface area contributed by atoms with Crippen molar-refractivity contribution in [1.29, 1.82) is 0 Å². The summed E-state index contributed by atoms with van der Waals surface area (Å²) in [5, 5.41) is 0. The normalized spacial score (nSPS) is 15.3. The average molecular weight is 173 g/mol. The number of benzene rings is 1. The Kier molecular flexibility index (Phi) is 2.09. The van der Waals surface area contributed by atoms with Crippen LogP contribution in [0, 0.1) is 0 Å². The van der Waals surface area contributed by atoms with Crippen molar-refractivity contribution in [1.82, 2.24) is 0 Å². The topological polar surface area (TPSA) is 3.24 Å². The SMILES string of the molecule is C=C(C)N1CCCc2ccccc21. The molecule has 1 heterocycles. The van der Waals surface area contributed by atoms with E-state index >= 15 is 0 Å². The van der Waals surface area contributed by atoms with E-state index in [4.69, 9.17) is 0 Å². The predicted octanol–water partition coefficient (Wildman–Crippen LogP) is 2.97. The number of allylic oxidation sites excluding steroid dienone is 1. The number of aryl methyl sites for hydroxylation is 1. The van der Waals surface area contributed by atoms with Crippen LogP contribution in [0.5, 0.6) is 0 Å². The van der Waals surface area contributed by atoms with E-state index in [-0.39, 0.29) is 0 Å². The summed E-state index contributed by atoms with van der Waals surface area (Å²) in [5.41, 5.74) is 3.95. The lowest BCUT2D eigenvalue weighted by Gasteiger charge is -2.31. The van der Waals surface area contributed by atoms with Gasteiger partial charge in [-0.05, 0) is 31.4 Å². The highest BCUT2D eigenvalue weighted by Crippen LogP contribution is 2.28. The van der Waals surface area contributed by atoms with Crippen LogP contribution < -0.4 is 4.90 Å². The Morgan fingerprint density at radius 3 is 2.92 bits per heavy atom. The van der Waals surface area contributed by atoms with Crippen LogP contribution in [0.15, 0.2) is 36.5 Å². The van der Waals surface area contributed by atoms with E-state index in [1.54, 1.807) is 0 Å². The minimum absolute atomic E-state index is 1.12. The van der Waals surface area contributed by atoms with Gasteiger partial charge in [0, 0.05) is 17.9 Å². The fourth-order valence-corrected chi connectivity index (χ4v) is 1.93. The first kappa shape index (κ1) is 8.36. The molecule has 0 saturated heterocycles. The molecule has 0 N–H and O–H groups in total. The van der Waals surface area contributed by atoms with Crippen LogP contribution in [-0.4, -0.2) is 6.54 Å². The van der Waals surface area contributed by atoms with Crippen LogP contribution in [0.2, 0.25) is 0 Å². The van der Waals surface area contributed by atoms with Crippen LogP contribution >= 0.6 is 0 Å². The molecule has 0 radical (unpaired) electrons. The zero-order chi connectivity index (χ0) is 9.26. The van der Waals surface area contributed by atoms with Crippen molar-refractivity contribution in [2.75, 3.05) is 11.4 Å². The summed E-state index contributed by atoms with van der Waals surface area (Å²) in [5.74, 6) is 0. The maximum Gasteiger partial charge on any atom is 0.0440 e. The Labute approximate surface area is 79.7 Å². The van der Waals surface area contributed by atoms with Crippen LogP contribution in [0.4, 0.5) is 5.69 Å². The number of hydrogen-bond donors (Lipinski definition) is 0. The third-order valence-electron chi connectivity index (χ3n) is 2.57. The van der Waals surface area contributed by atoms with Gasteiger partial charge in [0.05, 0.1) is 0 Å². The summed E-state index contributed by atoms with van der Waals surface area (Å²) < 4.78 is 0. The van der Waals surface area contributed by atoms with E-state index in [9.17, 15) is 0 Å². The minimum Gasteiger partial charge on any atom is -0.346 e. The lowest BCUT2D eigenvalue weighted by molar-refractivity contribution is 0.745. The van der Waals surface area contributed by atoms with Crippen molar-refractivity contribution in [2.24, 2.45) is 0 Å². The molecule has 0 saturated carbocycles. The Bertz CT molecular complexity index is 328. The Balaban J connectivity index is 2.42. The molecule has 1 nitrogen and oxygen atoms in total. The van der Waals surface area contributed by atoms with Crippen LogP contribution in [0.1, 0.15) is 18.9 Å². The molecule has 1 heteroatoms. The van der Waals surface area contributed by atoms with Gasteiger partial charge in [0.15, 0.2) is 0 Å². The lowest BCUT2D eigenvalue weighted by atomic mass is 10.0. The number of para-hydroxylation sites is 1. The molecule has 0 unspecified atom stereocenters. The molecule has 0 spiro atoms. The summed E-state index contributed by atoms with van der Waals surface area (Å²) in [6.07, 6.45) is 2.45. The maximum absolute atomic E-state index is 4.00. The first-order chi connectivity index (χ1) is 6.29. The quantitative estimate of drug-likeness (QED) is 0.631.